The summed E-state index contributed by atoms with van der Waals surface area (Å²) in [6, 6.07) is 13.1. The number of nitrogens with zero attached hydrogens (tertiary/aromatic N) is 1. The fraction of sp³-hybridized carbons (Fsp3) is 0.455. The minimum Gasteiger partial charge on any atom is -0.458 e. The predicted molar refractivity (Wildman–Crippen MR) is 172 cm³/mol. The summed E-state index contributed by atoms with van der Waals surface area (Å²) in [5.74, 6) is -1.76. The second-order valence-corrected chi connectivity index (χ2v) is 12.4. The standard InChI is InChI=1S/C33H45N3O6S/c1-9-22-17-14-18-24(19-22)27(36(10-2)29(38)26(21-43)35-31(40)42-33(6,7)8)28(37)34-25(30(39)41-32(3,4)5)20-23-15-12-11-13-16-23/h9,11-19,25-27,43H,1,10,20-21H2,2-8H3,(H,34,37)(H,35,40). The summed E-state index contributed by atoms with van der Waals surface area (Å²) in [5.41, 5.74) is 0.505. The number of carbonyl (C=O) groups is 4. The summed E-state index contributed by atoms with van der Waals surface area (Å²) in [6.45, 7) is 16.1. The summed E-state index contributed by atoms with van der Waals surface area (Å²) < 4.78 is 11.0. The van der Waals surface area contributed by atoms with E-state index in [0.29, 0.717) is 5.56 Å². The molecule has 2 rings (SSSR count). The molecule has 0 fully saturated rings. The molecule has 0 aliphatic rings. The zero-order chi connectivity index (χ0) is 32.4. The van der Waals surface area contributed by atoms with E-state index in [1.807, 2.05) is 36.4 Å². The largest absolute Gasteiger partial charge is 0.458 e. The minimum absolute atomic E-state index is 0.0375. The third kappa shape index (κ3) is 11.4. The van der Waals surface area contributed by atoms with Crippen LogP contribution in [0.2, 0.25) is 0 Å². The van der Waals surface area contributed by atoms with Crippen LogP contribution >= 0.6 is 12.6 Å². The molecule has 2 aromatic carbocycles. The maximum absolute atomic E-state index is 14.2. The van der Waals surface area contributed by atoms with Crippen molar-refractivity contribution < 1.29 is 28.7 Å². The van der Waals surface area contributed by atoms with Gasteiger partial charge in [0.05, 0.1) is 0 Å². The fourth-order valence-electron chi connectivity index (χ4n) is 4.30. The van der Waals surface area contributed by atoms with Gasteiger partial charge in [-0.05, 0) is 71.2 Å². The highest BCUT2D eigenvalue weighted by atomic mass is 32.1. The Hall–Kier alpha value is -3.79. The van der Waals surface area contributed by atoms with E-state index in [1.54, 1.807) is 72.7 Å². The molecule has 0 saturated carbocycles. The highest BCUT2D eigenvalue weighted by molar-refractivity contribution is 7.80. The molecule has 0 aliphatic carbocycles. The molecular formula is C33H45N3O6S. The average Bonchev–Trinajstić information content (AvgIpc) is 2.92. The molecule has 3 atom stereocenters. The van der Waals surface area contributed by atoms with Crippen LogP contribution in [0, 0.1) is 0 Å². The number of hydrogen-bond acceptors (Lipinski definition) is 7. The van der Waals surface area contributed by atoms with Gasteiger partial charge in [-0.2, -0.15) is 12.6 Å². The van der Waals surface area contributed by atoms with Crippen LogP contribution in [0.4, 0.5) is 4.79 Å². The first-order valence-electron chi connectivity index (χ1n) is 14.3. The SMILES string of the molecule is C=Cc1cccc(C(C(=O)NC(Cc2ccccc2)C(=O)OC(C)(C)C)N(CC)C(=O)C(CS)NC(=O)OC(C)(C)C)c1. The van der Waals surface area contributed by atoms with E-state index in [4.69, 9.17) is 9.47 Å². The van der Waals surface area contributed by atoms with Crippen LogP contribution in [0.1, 0.15) is 71.2 Å². The van der Waals surface area contributed by atoms with Crippen molar-refractivity contribution in [3.05, 3.63) is 77.9 Å². The van der Waals surface area contributed by atoms with Gasteiger partial charge in [-0.15, -0.1) is 0 Å². The van der Waals surface area contributed by atoms with Gasteiger partial charge in [-0.3, -0.25) is 9.59 Å². The number of esters is 1. The third-order valence-corrected chi connectivity index (χ3v) is 6.47. The van der Waals surface area contributed by atoms with E-state index in [-0.39, 0.29) is 18.7 Å². The summed E-state index contributed by atoms with van der Waals surface area (Å²) >= 11 is 4.30. The first-order valence-corrected chi connectivity index (χ1v) is 14.9. The van der Waals surface area contributed by atoms with Crippen molar-refractivity contribution in [2.45, 2.75) is 84.2 Å². The Balaban J connectivity index is 2.51. The van der Waals surface area contributed by atoms with Crippen LogP contribution < -0.4 is 10.6 Å². The number of nitrogens with one attached hydrogen (secondary N) is 2. The number of likely N-dealkylation sites (N-methyl/N-ethyl adjacent to an activating group) is 1. The first-order chi connectivity index (χ1) is 20.1. The Kier molecular flexibility index (Phi) is 12.9. The van der Waals surface area contributed by atoms with Crippen molar-refractivity contribution in [1.29, 1.82) is 0 Å². The van der Waals surface area contributed by atoms with E-state index < -0.39 is 53.2 Å². The molecule has 43 heavy (non-hydrogen) atoms. The van der Waals surface area contributed by atoms with E-state index in [9.17, 15) is 19.2 Å². The molecule has 3 unspecified atom stereocenters. The van der Waals surface area contributed by atoms with E-state index in [1.165, 1.54) is 4.90 Å². The van der Waals surface area contributed by atoms with Gasteiger partial charge in [0.1, 0.15) is 29.3 Å². The van der Waals surface area contributed by atoms with Crippen LogP contribution in [-0.2, 0) is 30.3 Å². The van der Waals surface area contributed by atoms with Crippen LogP contribution in [0.5, 0.6) is 0 Å². The second kappa shape index (κ2) is 15.6. The Morgan fingerprint density at radius 2 is 1.53 bits per heavy atom. The first kappa shape index (κ1) is 35.4. The van der Waals surface area contributed by atoms with Gasteiger partial charge >= 0.3 is 12.1 Å². The van der Waals surface area contributed by atoms with Crippen LogP contribution in [-0.4, -0.2) is 64.4 Å². The predicted octanol–water partition coefficient (Wildman–Crippen LogP) is 5.11. The van der Waals surface area contributed by atoms with Crippen molar-refractivity contribution in [3.8, 4) is 0 Å². The number of alkyl carbamates (subject to hydrolysis) is 1. The zero-order valence-electron chi connectivity index (χ0n) is 26.2. The number of hydrogen-bond donors (Lipinski definition) is 3. The Morgan fingerprint density at radius 3 is 2.07 bits per heavy atom. The summed E-state index contributed by atoms with van der Waals surface area (Å²) in [7, 11) is 0. The van der Waals surface area contributed by atoms with Crippen molar-refractivity contribution in [2.24, 2.45) is 0 Å². The normalized spacial score (nSPS) is 13.6. The smallest absolute Gasteiger partial charge is 0.408 e. The summed E-state index contributed by atoms with van der Waals surface area (Å²) in [6.07, 6.45) is 1.04. The van der Waals surface area contributed by atoms with E-state index in [2.05, 4.69) is 29.8 Å². The van der Waals surface area contributed by atoms with Gasteiger partial charge in [0.15, 0.2) is 0 Å². The molecule has 0 aromatic heterocycles. The van der Waals surface area contributed by atoms with Gasteiger partial charge in [0.2, 0.25) is 11.8 Å². The number of thiol groups is 1. The highest BCUT2D eigenvalue weighted by Gasteiger charge is 2.37. The summed E-state index contributed by atoms with van der Waals surface area (Å²) in [5, 5.41) is 5.43. The van der Waals surface area contributed by atoms with E-state index >= 15 is 0 Å². The number of carbonyl (C=O) groups excluding carboxylic acids is 4. The maximum Gasteiger partial charge on any atom is 0.408 e. The van der Waals surface area contributed by atoms with Crippen molar-refractivity contribution in [3.63, 3.8) is 0 Å². The molecule has 10 heteroatoms. The molecule has 0 bridgehead atoms. The number of amides is 3. The molecule has 234 valence electrons. The number of benzene rings is 2. The Morgan fingerprint density at radius 1 is 0.907 bits per heavy atom. The topological polar surface area (TPSA) is 114 Å². The monoisotopic (exact) mass is 611 g/mol. The fourth-order valence-corrected chi connectivity index (χ4v) is 4.54. The number of ether oxygens (including phenoxy) is 2. The van der Waals surface area contributed by atoms with Gasteiger partial charge < -0.3 is 25.0 Å². The van der Waals surface area contributed by atoms with Crippen LogP contribution in [0.15, 0.2) is 61.2 Å². The molecule has 0 radical (unpaired) electrons. The lowest BCUT2D eigenvalue weighted by Crippen LogP contribution is -2.55. The van der Waals surface area contributed by atoms with Gasteiger partial charge in [-0.1, -0.05) is 61.2 Å². The lowest BCUT2D eigenvalue weighted by atomic mass is 9.99. The van der Waals surface area contributed by atoms with Gasteiger partial charge in [-0.25, -0.2) is 9.59 Å². The minimum atomic E-state index is -1.15. The Labute approximate surface area is 260 Å². The van der Waals surface area contributed by atoms with Crippen molar-refractivity contribution >= 4 is 42.6 Å². The third-order valence-electron chi connectivity index (χ3n) is 6.11. The molecule has 0 spiro atoms. The lowest BCUT2D eigenvalue weighted by Gasteiger charge is -2.34. The Bertz CT molecular complexity index is 1270. The van der Waals surface area contributed by atoms with Gasteiger partial charge in [0.25, 0.3) is 0 Å². The van der Waals surface area contributed by atoms with Crippen molar-refractivity contribution in [2.75, 3.05) is 12.3 Å². The number of rotatable bonds is 12. The zero-order valence-corrected chi connectivity index (χ0v) is 27.1. The van der Waals surface area contributed by atoms with Crippen molar-refractivity contribution in [1.82, 2.24) is 15.5 Å². The molecule has 9 nitrogen and oxygen atoms in total. The lowest BCUT2D eigenvalue weighted by molar-refractivity contribution is -0.159. The van der Waals surface area contributed by atoms with Gasteiger partial charge in [0, 0.05) is 18.7 Å². The molecular weight excluding hydrogens is 566 g/mol. The quantitative estimate of drug-likeness (QED) is 0.227. The average molecular weight is 612 g/mol. The van der Waals surface area contributed by atoms with E-state index in [0.717, 1.165) is 11.1 Å². The maximum atomic E-state index is 14.2. The molecule has 0 saturated heterocycles. The molecule has 0 aliphatic heterocycles. The molecule has 2 N–H and O–H groups in total. The van der Waals surface area contributed by atoms with Crippen LogP contribution in [0.3, 0.4) is 0 Å². The molecule has 0 heterocycles. The summed E-state index contributed by atoms with van der Waals surface area (Å²) in [4.78, 5) is 55.3. The second-order valence-electron chi connectivity index (χ2n) is 12.1. The highest BCUT2D eigenvalue weighted by Crippen LogP contribution is 2.25. The van der Waals surface area contributed by atoms with Crippen LogP contribution in [0.25, 0.3) is 6.08 Å². The molecule has 2 aromatic rings. The molecule has 3 amide bonds.